The van der Waals surface area contributed by atoms with Gasteiger partial charge in [-0.15, -0.1) is 0 Å². The van der Waals surface area contributed by atoms with E-state index in [1.807, 2.05) is 13.8 Å². The Labute approximate surface area is 147 Å². The van der Waals surface area contributed by atoms with Crippen molar-refractivity contribution in [2.75, 3.05) is 0 Å². The minimum atomic E-state index is -1.19. The summed E-state index contributed by atoms with van der Waals surface area (Å²) in [5, 5.41) is 9.44. The molecular formula is C16H16Cl2N2O4. The van der Waals surface area contributed by atoms with Crippen molar-refractivity contribution >= 4 is 29.2 Å². The summed E-state index contributed by atoms with van der Waals surface area (Å²) in [7, 11) is 0. The monoisotopic (exact) mass is 370 g/mol. The average molecular weight is 371 g/mol. The summed E-state index contributed by atoms with van der Waals surface area (Å²) >= 11 is 12.2. The molecule has 2 aromatic rings. The number of benzene rings is 1. The first kappa shape index (κ1) is 18.3. The van der Waals surface area contributed by atoms with E-state index < -0.39 is 23.8 Å². The first-order chi connectivity index (χ1) is 11.2. The van der Waals surface area contributed by atoms with Crippen LogP contribution in [0.1, 0.15) is 13.8 Å². The van der Waals surface area contributed by atoms with Crippen LogP contribution in [0.15, 0.2) is 34.0 Å². The fourth-order valence-corrected chi connectivity index (χ4v) is 2.74. The minimum absolute atomic E-state index is 0.0266. The van der Waals surface area contributed by atoms with Crippen LogP contribution in [0.4, 0.5) is 0 Å². The normalized spacial score (nSPS) is 11.0. The highest BCUT2D eigenvalue weighted by Crippen LogP contribution is 2.31. The predicted octanol–water partition coefficient (Wildman–Crippen LogP) is 2.72. The molecule has 0 spiro atoms. The van der Waals surface area contributed by atoms with E-state index in [0.29, 0.717) is 5.56 Å². The summed E-state index contributed by atoms with van der Waals surface area (Å²) in [6.07, 6.45) is 1.22. The molecule has 1 N–H and O–H groups in total. The average Bonchev–Trinajstić information content (AvgIpc) is 2.49. The highest BCUT2D eigenvalue weighted by molar-refractivity contribution is 6.43. The van der Waals surface area contributed by atoms with Crippen LogP contribution in [0.5, 0.6) is 0 Å². The molecule has 0 saturated heterocycles. The number of aliphatic carboxylic acids is 1. The van der Waals surface area contributed by atoms with Crippen molar-refractivity contribution in [3.05, 3.63) is 55.3 Å². The summed E-state index contributed by atoms with van der Waals surface area (Å²) in [5.41, 5.74) is -0.715. The lowest BCUT2D eigenvalue weighted by atomic mass is 10.1. The molecule has 1 aromatic heterocycles. The van der Waals surface area contributed by atoms with Crippen LogP contribution in [0.3, 0.4) is 0 Å². The molecule has 24 heavy (non-hydrogen) atoms. The molecule has 0 unspecified atom stereocenters. The van der Waals surface area contributed by atoms with Crippen molar-refractivity contribution in [2.24, 2.45) is 5.92 Å². The topological polar surface area (TPSA) is 81.3 Å². The van der Waals surface area contributed by atoms with Crippen molar-refractivity contribution in [3.8, 4) is 11.1 Å². The highest BCUT2D eigenvalue weighted by atomic mass is 35.5. The van der Waals surface area contributed by atoms with Crippen LogP contribution in [-0.4, -0.2) is 20.2 Å². The molecule has 1 aromatic carbocycles. The minimum Gasteiger partial charge on any atom is -0.480 e. The molecule has 0 aliphatic heterocycles. The number of aromatic nitrogens is 2. The molecule has 2 rings (SSSR count). The van der Waals surface area contributed by atoms with E-state index in [9.17, 15) is 14.4 Å². The van der Waals surface area contributed by atoms with Gasteiger partial charge in [0.1, 0.15) is 6.54 Å². The lowest BCUT2D eigenvalue weighted by molar-refractivity contribution is -0.137. The highest BCUT2D eigenvalue weighted by Gasteiger charge is 2.18. The predicted molar refractivity (Wildman–Crippen MR) is 92.9 cm³/mol. The Morgan fingerprint density at radius 3 is 2.46 bits per heavy atom. The zero-order chi connectivity index (χ0) is 18.0. The Bertz CT molecular complexity index is 900. The van der Waals surface area contributed by atoms with Gasteiger partial charge in [0, 0.05) is 18.3 Å². The van der Waals surface area contributed by atoms with Crippen LogP contribution in [0.2, 0.25) is 10.0 Å². The van der Waals surface area contributed by atoms with Gasteiger partial charge in [-0.25, -0.2) is 4.79 Å². The summed E-state index contributed by atoms with van der Waals surface area (Å²) in [5.74, 6) is -1.16. The maximum absolute atomic E-state index is 12.7. The molecule has 1 heterocycles. The Kier molecular flexibility index (Phi) is 5.51. The van der Waals surface area contributed by atoms with Crippen LogP contribution >= 0.6 is 23.2 Å². The van der Waals surface area contributed by atoms with Crippen molar-refractivity contribution < 1.29 is 9.90 Å². The molecule has 0 amide bonds. The van der Waals surface area contributed by atoms with Gasteiger partial charge < -0.3 is 5.11 Å². The summed E-state index contributed by atoms with van der Waals surface area (Å²) in [4.78, 5) is 36.1. The van der Waals surface area contributed by atoms with Gasteiger partial charge >= 0.3 is 11.7 Å². The number of rotatable bonds is 5. The number of hydrogen-bond donors (Lipinski definition) is 1. The number of carbonyl (C=O) groups is 1. The van der Waals surface area contributed by atoms with E-state index in [1.165, 1.54) is 6.20 Å². The number of carboxylic acids is 1. The Balaban J connectivity index is 2.80. The van der Waals surface area contributed by atoms with Crippen molar-refractivity contribution in [1.29, 1.82) is 0 Å². The van der Waals surface area contributed by atoms with Gasteiger partial charge in [0.25, 0.3) is 5.56 Å². The Morgan fingerprint density at radius 2 is 1.88 bits per heavy atom. The van der Waals surface area contributed by atoms with Crippen LogP contribution < -0.4 is 11.2 Å². The van der Waals surface area contributed by atoms with E-state index in [-0.39, 0.29) is 28.1 Å². The van der Waals surface area contributed by atoms with Crippen molar-refractivity contribution in [1.82, 2.24) is 9.13 Å². The van der Waals surface area contributed by atoms with Crippen LogP contribution in [0.25, 0.3) is 11.1 Å². The van der Waals surface area contributed by atoms with Gasteiger partial charge in [0.15, 0.2) is 0 Å². The van der Waals surface area contributed by atoms with Crippen molar-refractivity contribution in [3.63, 3.8) is 0 Å². The second-order valence-corrected chi connectivity index (χ2v) is 6.54. The Hall–Kier alpha value is -2.05. The number of nitrogens with zero attached hydrogens (tertiary/aromatic N) is 2. The second-order valence-electron chi connectivity index (χ2n) is 5.76. The van der Waals surface area contributed by atoms with E-state index in [4.69, 9.17) is 28.3 Å². The van der Waals surface area contributed by atoms with Gasteiger partial charge in [-0.2, -0.15) is 0 Å². The van der Waals surface area contributed by atoms with Gasteiger partial charge in [0.2, 0.25) is 0 Å². The molecule has 0 saturated carbocycles. The molecule has 0 aliphatic carbocycles. The molecular weight excluding hydrogens is 355 g/mol. The zero-order valence-electron chi connectivity index (χ0n) is 13.1. The van der Waals surface area contributed by atoms with Crippen LogP contribution in [-0.2, 0) is 17.9 Å². The van der Waals surface area contributed by atoms with Crippen LogP contribution in [0, 0.1) is 5.92 Å². The fraction of sp³-hybridized carbons (Fsp3) is 0.312. The first-order valence-electron chi connectivity index (χ1n) is 7.22. The quantitative estimate of drug-likeness (QED) is 0.876. The largest absolute Gasteiger partial charge is 0.480 e. The van der Waals surface area contributed by atoms with E-state index >= 15 is 0 Å². The van der Waals surface area contributed by atoms with Gasteiger partial charge in [-0.1, -0.05) is 49.2 Å². The molecule has 0 fully saturated rings. The second kappa shape index (κ2) is 7.23. The Morgan fingerprint density at radius 1 is 1.21 bits per heavy atom. The maximum atomic E-state index is 12.7. The molecule has 0 atom stereocenters. The van der Waals surface area contributed by atoms with Gasteiger partial charge in [-0.3, -0.25) is 18.7 Å². The lowest BCUT2D eigenvalue weighted by Crippen LogP contribution is -2.42. The summed E-state index contributed by atoms with van der Waals surface area (Å²) in [6, 6.07) is 4.80. The molecule has 128 valence electrons. The van der Waals surface area contributed by atoms with Gasteiger partial charge in [-0.05, 0) is 12.0 Å². The standard InChI is InChI=1S/C16H16Cl2N2O4/c1-9(2)6-20-15(23)11(7-19(16(20)24)8-13(21)22)10-4-3-5-12(17)14(10)18/h3-5,7,9H,6,8H2,1-2H3,(H,21,22). The first-order valence-corrected chi connectivity index (χ1v) is 7.98. The maximum Gasteiger partial charge on any atom is 0.331 e. The molecule has 6 nitrogen and oxygen atoms in total. The number of carboxylic acid groups (broad SMARTS) is 1. The third-order valence-corrected chi connectivity index (χ3v) is 4.15. The number of halogens is 2. The summed E-state index contributed by atoms with van der Waals surface area (Å²) in [6.45, 7) is 3.32. The fourth-order valence-electron chi connectivity index (χ4n) is 2.34. The van der Waals surface area contributed by atoms with Gasteiger partial charge in [0.05, 0.1) is 15.6 Å². The van der Waals surface area contributed by atoms with E-state index in [2.05, 4.69) is 0 Å². The molecule has 8 heteroatoms. The zero-order valence-corrected chi connectivity index (χ0v) is 14.6. The third-order valence-electron chi connectivity index (χ3n) is 3.33. The number of hydrogen-bond acceptors (Lipinski definition) is 3. The smallest absolute Gasteiger partial charge is 0.331 e. The summed E-state index contributed by atoms with van der Waals surface area (Å²) < 4.78 is 2.01. The molecule has 0 aliphatic rings. The van der Waals surface area contributed by atoms with E-state index in [1.54, 1.807) is 18.2 Å². The van der Waals surface area contributed by atoms with E-state index in [0.717, 1.165) is 9.13 Å². The molecule has 0 bridgehead atoms. The SMILES string of the molecule is CC(C)Cn1c(=O)c(-c2cccc(Cl)c2Cl)cn(CC(=O)O)c1=O. The third kappa shape index (κ3) is 3.71. The van der Waals surface area contributed by atoms with Crippen molar-refractivity contribution in [2.45, 2.75) is 26.9 Å². The molecule has 0 radical (unpaired) electrons. The lowest BCUT2D eigenvalue weighted by Gasteiger charge is -2.14.